The molecule has 4 aromatic carbocycles. The van der Waals surface area contributed by atoms with E-state index in [1.807, 2.05) is 94.3 Å². The van der Waals surface area contributed by atoms with Crippen LogP contribution >= 0.6 is 0 Å². The summed E-state index contributed by atoms with van der Waals surface area (Å²) in [4.78, 5) is 65.7. The maximum absolute atomic E-state index is 12.2. The summed E-state index contributed by atoms with van der Waals surface area (Å²) in [5.41, 5.74) is 29.5. The lowest BCUT2D eigenvalue weighted by atomic mass is 9.95. The number of ether oxygens (including phenoxy) is 4. The smallest absolute Gasteiger partial charge is 0.219 e. The largest absolute Gasteiger partial charge is 0.379 e. The Labute approximate surface area is 784 Å². The molecule has 4 atom stereocenters. The summed E-state index contributed by atoms with van der Waals surface area (Å²) in [6.45, 7) is 25.1. The van der Waals surface area contributed by atoms with Crippen LogP contribution in [0.15, 0.2) is 116 Å². The first kappa shape index (κ1) is 88.1. The highest BCUT2D eigenvalue weighted by Crippen LogP contribution is 2.52. The fourth-order valence-corrected chi connectivity index (χ4v) is 21.8. The zero-order valence-electron chi connectivity index (χ0n) is 78.6. The third kappa shape index (κ3) is 16.4. The molecular formula is C101H116N26O8. The topological polar surface area (TPSA) is 321 Å². The Morgan fingerprint density at radius 2 is 0.756 bits per heavy atom. The molecule has 20 heterocycles. The standard InChI is InChI=1S/C26H32N6O2.2C25H27N7O2.C25H30N6O2/c1-17-22(14-27-29(17)3)19-6-7-24-20(13-19)5-4-10-31(24)26-23-15-30(18(2)33)11-8-25(23)32(28-26)21-9-12-34-16-21;2*1-16(33)30-8-6-24-22(13-30)25(28-32(24)20-14-34-15-20)31-12-18(5-7-26)21-9-17(3-4-23(21)31)19-10-27-29(2)11-19;1-4-17-12-30(23-6-5-18(9-21(17)23)19-10-26-28(3)11-19)25-22-13-29(16(2)32)8-7-24(22)31(27-25)20-14-33-15-20/h6-7,13-14,21H,4-5,8-12,15-16H2,1-3H3;2*3-4,9-11,18,20H,5-6,8,12-15H2,1-2H3;5-6,9-11,17,20H,4,7-8,12-15H2,1-3H3/t;2*18-;17-/m.100/s1. The molecule has 0 spiro atoms. The van der Waals surface area contributed by atoms with Gasteiger partial charge in [0.1, 0.15) is 0 Å². The lowest BCUT2D eigenvalue weighted by Gasteiger charge is -2.32. The van der Waals surface area contributed by atoms with Crippen molar-refractivity contribution in [3.05, 3.63) is 189 Å². The average molecular weight is 1820 g/mol. The number of anilines is 8. The van der Waals surface area contributed by atoms with Gasteiger partial charge in [0, 0.05) is 285 Å². The van der Waals surface area contributed by atoms with Crippen molar-refractivity contribution in [2.75, 3.05) is 125 Å². The van der Waals surface area contributed by atoms with Crippen molar-refractivity contribution in [2.45, 2.75) is 174 Å². The van der Waals surface area contributed by atoms with Crippen LogP contribution in [0.5, 0.6) is 0 Å². The molecule has 12 aliphatic rings. The van der Waals surface area contributed by atoms with Crippen molar-refractivity contribution in [3.8, 4) is 56.6 Å². The van der Waals surface area contributed by atoms with E-state index >= 15 is 0 Å². The maximum atomic E-state index is 12.2. The van der Waals surface area contributed by atoms with E-state index in [4.69, 9.17) is 39.3 Å². The number of amides is 4. The van der Waals surface area contributed by atoms with E-state index in [9.17, 15) is 29.7 Å². The normalized spacial score (nSPS) is 19.7. The van der Waals surface area contributed by atoms with Crippen LogP contribution in [-0.4, -0.2) is 227 Å². The van der Waals surface area contributed by atoms with Crippen LogP contribution < -0.4 is 19.6 Å². The number of aromatic nitrogens is 16. The predicted octanol–water partition coefficient (Wildman–Crippen LogP) is 12.8. The molecule has 4 amide bonds. The van der Waals surface area contributed by atoms with Crippen molar-refractivity contribution < 1.29 is 38.1 Å². The van der Waals surface area contributed by atoms with Crippen LogP contribution in [0.2, 0.25) is 0 Å². The van der Waals surface area contributed by atoms with E-state index in [0.717, 1.165) is 169 Å². The van der Waals surface area contributed by atoms with Crippen LogP contribution in [0.25, 0.3) is 44.5 Å². The van der Waals surface area contributed by atoms with Gasteiger partial charge in [-0.05, 0) is 126 Å². The zero-order valence-corrected chi connectivity index (χ0v) is 78.6. The Morgan fingerprint density at radius 1 is 0.400 bits per heavy atom. The second-order valence-corrected chi connectivity index (χ2v) is 38.1. The first-order chi connectivity index (χ1) is 65.6. The first-order valence-corrected chi connectivity index (χ1v) is 47.7. The molecule has 698 valence electrons. The van der Waals surface area contributed by atoms with E-state index in [0.29, 0.717) is 123 Å². The SMILES string of the molecule is CC(=O)N1CCc2c(c(N3CCCc4cc(-c5cnn(C)c5C)ccc43)nn2C2CCOC2)C1.CC(=O)N1CCc2c(c(N3C[C@@H](CC#N)c4cc(-c5cnn(C)c5)ccc43)nn2C2COC2)C1.CC(=O)N1CCc2c(c(N3C[C@H](CC#N)c4cc(-c5cnn(C)c5)ccc43)nn2C2COC2)C1.CC[C@H]1CN(c2nn(C3COC3)c3c2CN(C(C)=O)CC3)c2ccc(-c3cnn(C)c3)cc21. The van der Waals surface area contributed by atoms with Gasteiger partial charge in [0.2, 0.25) is 23.6 Å². The van der Waals surface area contributed by atoms with Gasteiger partial charge in [-0.25, -0.2) is 0 Å². The van der Waals surface area contributed by atoms with E-state index in [2.05, 4.69) is 164 Å². The minimum absolute atomic E-state index is 0.0848. The Balaban J connectivity index is 0.000000108. The molecule has 0 radical (unpaired) electrons. The van der Waals surface area contributed by atoms with Crippen molar-refractivity contribution in [2.24, 2.45) is 28.2 Å². The van der Waals surface area contributed by atoms with Gasteiger partial charge in [0.25, 0.3) is 0 Å². The molecule has 0 aliphatic carbocycles. The van der Waals surface area contributed by atoms with Crippen molar-refractivity contribution in [1.29, 1.82) is 10.5 Å². The zero-order chi connectivity index (χ0) is 92.9. The van der Waals surface area contributed by atoms with Gasteiger partial charge >= 0.3 is 0 Å². The maximum Gasteiger partial charge on any atom is 0.219 e. The average Bonchev–Trinajstić information content (AvgIpc) is 1.60. The summed E-state index contributed by atoms with van der Waals surface area (Å²) in [7, 11) is 7.75. The molecule has 24 rings (SSSR count). The first-order valence-electron chi connectivity index (χ1n) is 47.7. The fraction of sp³-hybridized carbons (Fsp3) is 0.465. The van der Waals surface area contributed by atoms with Crippen molar-refractivity contribution in [1.82, 2.24) is 97.8 Å². The van der Waals surface area contributed by atoms with Gasteiger partial charge in [-0.3, -0.25) is 56.6 Å². The molecule has 0 bridgehead atoms. The number of carbonyl (C=O) groups excluding carboxylic acids is 4. The highest BCUT2D eigenvalue weighted by Gasteiger charge is 2.44. The van der Waals surface area contributed by atoms with Crippen LogP contribution in [-0.2, 0) is 125 Å². The van der Waals surface area contributed by atoms with Gasteiger partial charge in [-0.1, -0.05) is 31.2 Å². The summed E-state index contributed by atoms with van der Waals surface area (Å²) < 4.78 is 38.1. The third-order valence-corrected chi connectivity index (χ3v) is 29.7. The molecule has 12 aromatic rings. The van der Waals surface area contributed by atoms with Crippen LogP contribution in [0.4, 0.5) is 46.0 Å². The Bertz CT molecular complexity index is 6480. The number of aryl methyl sites for hydroxylation is 5. The minimum Gasteiger partial charge on any atom is -0.379 e. The number of nitriles is 2. The van der Waals surface area contributed by atoms with E-state index < -0.39 is 0 Å². The van der Waals surface area contributed by atoms with Crippen LogP contribution in [0.3, 0.4) is 0 Å². The van der Waals surface area contributed by atoms with E-state index in [-0.39, 0.29) is 53.6 Å². The summed E-state index contributed by atoms with van der Waals surface area (Å²) in [6, 6.07) is 32.2. The number of benzene rings is 4. The molecule has 135 heavy (non-hydrogen) atoms. The Hall–Kier alpha value is -13.5. The molecule has 4 saturated heterocycles. The number of fused-ring (bicyclic) bond motifs is 8. The van der Waals surface area contributed by atoms with Gasteiger partial charge in [-0.15, -0.1) is 0 Å². The quantitative estimate of drug-likeness (QED) is 0.0920. The van der Waals surface area contributed by atoms with Crippen molar-refractivity contribution in [3.63, 3.8) is 0 Å². The molecule has 1 unspecified atom stereocenters. The van der Waals surface area contributed by atoms with Crippen molar-refractivity contribution >= 4 is 69.6 Å². The molecule has 0 saturated carbocycles. The molecule has 0 N–H and O–H groups in total. The summed E-state index contributed by atoms with van der Waals surface area (Å²) >= 11 is 0. The van der Waals surface area contributed by atoms with Crippen LogP contribution in [0.1, 0.15) is 182 Å². The lowest BCUT2D eigenvalue weighted by Crippen LogP contribution is -2.37. The lowest BCUT2D eigenvalue weighted by molar-refractivity contribution is -0.130. The van der Waals surface area contributed by atoms with Gasteiger partial charge in [0.15, 0.2) is 23.3 Å². The Kier molecular flexibility index (Phi) is 23.7. The van der Waals surface area contributed by atoms with Crippen LogP contribution in [0, 0.1) is 29.6 Å². The second kappa shape index (κ2) is 36.4. The van der Waals surface area contributed by atoms with Gasteiger partial charge < -0.3 is 58.1 Å². The molecule has 4 fully saturated rings. The monoisotopic (exact) mass is 1820 g/mol. The predicted molar refractivity (Wildman–Crippen MR) is 507 cm³/mol. The fourth-order valence-electron chi connectivity index (χ4n) is 21.8. The molecule has 34 heteroatoms. The number of nitrogens with zero attached hydrogens (tertiary/aromatic N) is 26. The summed E-state index contributed by atoms with van der Waals surface area (Å²) in [5.74, 6) is 4.89. The highest BCUT2D eigenvalue weighted by molar-refractivity contribution is 5.83. The second-order valence-electron chi connectivity index (χ2n) is 38.1. The van der Waals surface area contributed by atoms with E-state index in [1.54, 1.807) is 37.1 Å². The minimum atomic E-state index is 0.0848. The third-order valence-electron chi connectivity index (χ3n) is 29.7. The Morgan fingerprint density at radius 3 is 1.08 bits per heavy atom. The summed E-state index contributed by atoms with van der Waals surface area (Å²) in [6.07, 6.45) is 22.0. The highest BCUT2D eigenvalue weighted by atomic mass is 16.5. The number of rotatable bonds is 15. The summed E-state index contributed by atoms with van der Waals surface area (Å²) in [5, 5.41) is 57.0. The molecule has 34 nitrogen and oxygen atoms in total. The number of hydrogen-bond acceptors (Lipinski definition) is 22. The molecular weight excluding hydrogens is 1710 g/mol. The van der Waals surface area contributed by atoms with E-state index in [1.165, 1.54) is 78.8 Å². The molecule has 12 aliphatic heterocycles. The van der Waals surface area contributed by atoms with Gasteiger partial charge in [-0.2, -0.15) is 51.3 Å². The number of hydrogen-bond donors (Lipinski definition) is 0. The van der Waals surface area contributed by atoms with Gasteiger partial charge in [0.05, 0.1) is 134 Å². The number of carbonyl (C=O) groups is 4. The molecule has 8 aromatic heterocycles.